The van der Waals surface area contributed by atoms with Crippen LogP contribution in [0.25, 0.3) is 0 Å². The molecule has 0 bridgehead atoms. The van der Waals surface area contributed by atoms with Gasteiger partial charge in [-0.15, -0.1) is 0 Å². The van der Waals surface area contributed by atoms with Gasteiger partial charge in [0.25, 0.3) is 0 Å². The smallest absolute Gasteiger partial charge is 0.243 e. The second kappa shape index (κ2) is 6.50. The number of benzene rings is 1. The van der Waals surface area contributed by atoms with Crippen LogP contribution < -0.4 is 0 Å². The summed E-state index contributed by atoms with van der Waals surface area (Å²) >= 11 is 0. The molecule has 1 aromatic rings. The van der Waals surface area contributed by atoms with Crippen molar-refractivity contribution >= 4 is 10.0 Å². The number of hydrogen-bond acceptors (Lipinski definition) is 3. The van der Waals surface area contributed by atoms with Gasteiger partial charge in [-0.3, -0.25) is 0 Å². The molecule has 1 atom stereocenters. The number of hydrogen-bond donors (Lipinski definition) is 1. The van der Waals surface area contributed by atoms with E-state index < -0.39 is 10.0 Å². The summed E-state index contributed by atoms with van der Waals surface area (Å²) in [5.74, 6) is 0. The van der Waals surface area contributed by atoms with Crippen LogP contribution in [0.5, 0.6) is 0 Å². The summed E-state index contributed by atoms with van der Waals surface area (Å²) in [4.78, 5) is 0.310. The van der Waals surface area contributed by atoms with Gasteiger partial charge in [0.15, 0.2) is 0 Å². The molecule has 108 valence electrons. The summed E-state index contributed by atoms with van der Waals surface area (Å²) in [6.45, 7) is 5.62. The third-order valence-electron chi connectivity index (χ3n) is 3.56. The first-order valence-corrected chi connectivity index (χ1v) is 8.03. The maximum atomic E-state index is 12.6. The van der Waals surface area contributed by atoms with E-state index in [9.17, 15) is 13.5 Å². The van der Waals surface area contributed by atoms with Crippen LogP contribution in [0.2, 0.25) is 0 Å². The van der Waals surface area contributed by atoms with Crippen molar-refractivity contribution in [2.45, 2.75) is 51.2 Å². The summed E-state index contributed by atoms with van der Waals surface area (Å²) in [7, 11) is -1.90. The minimum absolute atomic E-state index is 0.0486. The first-order chi connectivity index (χ1) is 8.88. The fourth-order valence-corrected chi connectivity index (χ4v) is 3.66. The molecule has 0 spiro atoms. The topological polar surface area (TPSA) is 57.6 Å². The normalized spacial score (nSPS) is 13.8. The molecule has 1 N–H and O–H groups in total. The predicted octanol–water partition coefficient (Wildman–Crippen LogP) is 2.16. The van der Waals surface area contributed by atoms with E-state index in [1.807, 2.05) is 20.8 Å². The zero-order valence-electron chi connectivity index (χ0n) is 12.0. The third kappa shape index (κ3) is 3.35. The monoisotopic (exact) mass is 285 g/mol. The van der Waals surface area contributed by atoms with E-state index >= 15 is 0 Å². The van der Waals surface area contributed by atoms with Crippen molar-refractivity contribution in [3.05, 3.63) is 29.3 Å². The molecule has 0 aliphatic heterocycles. The Balaban J connectivity index is 3.34. The Kier molecular flexibility index (Phi) is 5.52. The molecule has 19 heavy (non-hydrogen) atoms. The molecule has 0 saturated carbocycles. The quantitative estimate of drug-likeness (QED) is 0.871. The standard InChI is InChI=1S/C14H23NO3S/c1-5-11(3)15(4)19(17,18)14-9-12(10-16)7-8-13(14)6-2/h7-9,11,16H,5-6,10H2,1-4H3. The molecule has 1 unspecified atom stereocenters. The van der Waals surface area contributed by atoms with Crippen molar-refractivity contribution in [1.82, 2.24) is 4.31 Å². The predicted molar refractivity (Wildman–Crippen MR) is 76.4 cm³/mol. The second-order valence-electron chi connectivity index (χ2n) is 4.73. The molecule has 0 aliphatic carbocycles. The first kappa shape index (κ1) is 16.1. The molecule has 0 radical (unpaired) electrons. The largest absolute Gasteiger partial charge is 0.392 e. The summed E-state index contributed by atoms with van der Waals surface area (Å²) in [5.41, 5.74) is 1.40. The average Bonchev–Trinajstić information content (AvgIpc) is 2.44. The van der Waals surface area contributed by atoms with E-state index in [0.717, 1.165) is 12.0 Å². The Bertz CT molecular complexity index is 525. The van der Waals surface area contributed by atoms with E-state index in [4.69, 9.17) is 0 Å². The molecule has 0 heterocycles. The van der Waals surface area contributed by atoms with Crippen LogP contribution >= 0.6 is 0 Å². The Labute approximate surface area is 116 Å². The molecule has 1 rings (SSSR count). The molecular formula is C14H23NO3S. The van der Waals surface area contributed by atoms with Crippen molar-refractivity contribution in [3.63, 3.8) is 0 Å². The molecule has 0 aromatic heterocycles. The van der Waals surface area contributed by atoms with E-state index in [1.54, 1.807) is 25.2 Å². The van der Waals surface area contributed by atoms with Crippen molar-refractivity contribution in [3.8, 4) is 0 Å². The number of nitrogens with zero attached hydrogens (tertiary/aromatic N) is 1. The fourth-order valence-electron chi connectivity index (χ4n) is 1.88. The van der Waals surface area contributed by atoms with E-state index in [1.165, 1.54) is 4.31 Å². The highest BCUT2D eigenvalue weighted by Crippen LogP contribution is 2.23. The van der Waals surface area contributed by atoms with Crippen molar-refractivity contribution in [2.75, 3.05) is 7.05 Å². The summed E-state index contributed by atoms with van der Waals surface area (Å²) in [6, 6.07) is 5.07. The molecule has 4 nitrogen and oxygen atoms in total. The molecule has 0 amide bonds. The molecule has 0 fully saturated rings. The summed E-state index contributed by atoms with van der Waals surface area (Å²) in [5, 5.41) is 9.18. The Hall–Kier alpha value is -0.910. The maximum Gasteiger partial charge on any atom is 0.243 e. The number of rotatable bonds is 6. The number of aliphatic hydroxyl groups excluding tert-OH is 1. The van der Waals surface area contributed by atoms with Crippen LogP contribution in [-0.2, 0) is 23.1 Å². The third-order valence-corrected chi connectivity index (χ3v) is 5.62. The zero-order valence-corrected chi connectivity index (χ0v) is 12.9. The Morgan fingerprint density at radius 1 is 1.32 bits per heavy atom. The fraction of sp³-hybridized carbons (Fsp3) is 0.571. The van der Waals surface area contributed by atoms with E-state index in [-0.39, 0.29) is 12.6 Å². The second-order valence-corrected chi connectivity index (χ2v) is 6.70. The average molecular weight is 285 g/mol. The molecule has 0 saturated heterocycles. The highest BCUT2D eigenvalue weighted by atomic mass is 32.2. The van der Waals surface area contributed by atoms with Gasteiger partial charge in [0, 0.05) is 13.1 Å². The Morgan fingerprint density at radius 3 is 2.42 bits per heavy atom. The van der Waals surface area contributed by atoms with E-state index in [2.05, 4.69) is 0 Å². The lowest BCUT2D eigenvalue weighted by atomic mass is 10.1. The minimum atomic E-state index is -3.50. The van der Waals surface area contributed by atoms with Crippen LogP contribution in [0, 0.1) is 0 Å². The van der Waals surface area contributed by atoms with Gasteiger partial charge < -0.3 is 5.11 Å². The van der Waals surface area contributed by atoms with Crippen molar-refractivity contribution < 1.29 is 13.5 Å². The SMILES string of the molecule is CCc1ccc(CO)cc1S(=O)(=O)N(C)C(C)CC. The van der Waals surface area contributed by atoms with Crippen LogP contribution in [0.1, 0.15) is 38.3 Å². The van der Waals surface area contributed by atoms with Gasteiger partial charge in [0.05, 0.1) is 11.5 Å². The zero-order chi connectivity index (χ0) is 14.6. The van der Waals surface area contributed by atoms with Crippen LogP contribution in [0.15, 0.2) is 23.1 Å². The lowest BCUT2D eigenvalue weighted by Gasteiger charge is -2.24. The highest BCUT2D eigenvalue weighted by Gasteiger charge is 2.26. The van der Waals surface area contributed by atoms with E-state index in [0.29, 0.717) is 16.9 Å². The molecule has 1 aromatic carbocycles. The number of aliphatic hydroxyl groups is 1. The van der Waals surface area contributed by atoms with Crippen molar-refractivity contribution in [2.24, 2.45) is 0 Å². The highest BCUT2D eigenvalue weighted by molar-refractivity contribution is 7.89. The van der Waals surface area contributed by atoms with Gasteiger partial charge in [-0.1, -0.05) is 26.0 Å². The first-order valence-electron chi connectivity index (χ1n) is 6.59. The molecule has 0 aliphatic rings. The summed E-state index contributed by atoms with van der Waals surface area (Å²) < 4.78 is 26.7. The maximum absolute atomic E-state index is 12.6. The van der Waals surface area contributed by atoms with Crippen LogP contribution in [-0.4, -0.2) is 30.9 Å². The summed E-state index contributed by atoms with van der Waals surface area (Å²) in [6.07, 6.45) is 1.41. The van der Waals surface area contributed by atoms with Gasteiger partial charge in [-0.25, -0.2) is 8.42 Å². The number of sulfonamides is 1. The van der Waals surface area contributed by atoms with Crippen molar-refractivity contribution in [1.29, 1.82) is 0 Å². The molecular weight excluding hydrogens is 262 g/mol. The van der Waals surface area contributed by atoms with Gasteiger partial charge >= 0.3 is 0 Å². The molecule has 5 heteroatoms. The van der Waals surface area contributed by atoms with Crippen LogP contribution in [0.3, 0.4) is 0 Å². The van der Waals surface area contributed by atoms with Gasteiger partial charge in [-0.2, -0.15) is 4.31 Å². The van der Waals surface area contributed by atoms with Gasteiger partial charge in [-0.05, 0) is 37.0 Å². The number of aryl methyl sites for hydroxylation is 1. The van der Waals surface area contributed by atoms with Crippen LogP contribution in [0.4, 0.5) is 0 Å². The lowest BCUT2D eigenvalue weighted by Crippen LogP contribution is -2.35. The Morgan fingerprint density at radius 2 is 1.95 bits per heavy atom. The van der Waals surface area contributed by atoms with Gasteiger partial charge in [0.1, 0.15) is 0 Å². The van der Waals surface area contributed by atoms with Gasteiger partial charge in [0.2, 0.25) is 10.0 Å². The lowest BCUT2D eigenvalue weighted by molar-refractivity contribution is 0.281. The minimum Gasteiger partial charge on any atom is -0.392 e.